The van der Waals surface area contributed by atoms with Gasteiger partial charge in [-0.25, -0.2) is 4.98 Å². The van der Waals surface area contributed by atoms with Crippen LogP contribution in [0.5, 0.6) is 5.75 Å². The molecule has 6 nitrogen and oxygen atoms in total. The van der Waals surface area contributed by atoms with E-state index in [9.17, 15) is 9.59 Å². The predicted octanol–water partition coefficient (Wildman–Crippen LogP) is 2.91. The molecule has 0 aliphatic carbocycles. The number of amides is 1. The van der Waals surface area contributed by atoms with E-state index >= 15 is 0 Å². The summed E-state index contributed by atoms with van der Waals surface area (Å²) in [5, 5.41) is 1.86. The molecule has 7 heteroatoms. The molecule has 130 valence electrons. The minimum Gasteiger partial charge on any atom is -0.497 e. The van der Waals surface area contributed by atoms with E-state index < -0.39 is 0 Å². The molecule has 2 heterocycles. The third-order valence-corrected chi connectivity index (χ3v) is 4.79. The molecule has 25 heavy (non-hydrogen) atoms. The number of methoxy groups -OCH3 is 1. The van der Waals surface area contributed by atoms with E-state index in [1.54, 1.807) is 19.1 Å². The normalized spacial score (nSPS) is 10.8. The van der Waals surface area contributed by atoms with Crippen LogP contribution >= 0.6 is 11.3 Å². The molecule has 0 aliphatic rings. The number of aromatic nitrogens is 2. The van der Waals surface area contributed by atoms with Gasteiger partial charge in [0.1, 0.15) is 11.3 Å². The lowest BCUT2D eigenvalue weighted by Crippen LogP contribution is -2.33. The highest BCUT2D eigenvalue weighted by Crippen LogP contribution is 2.27. The van der Waals surface area contributed by atoms with E-state index in [0.29, 0.717) is 22.9 Å². The Labute approximate surface area is 149 Å². The van der Waals surface area contributed by atoms with Gasteiger partial charge >= 0.3 is 0 Å². The molecule has 3 aromatic rings. The van der Waals surface area contributed by atoms with E-state index in [1.807, 2.05) is 36.6 Å². The number of carbonyl (C=O) groups excluding carboxylic acids is 1. The Morgan fingerprint density at radius 2 is 2.20 bits per heavy atom. The fraction of sp³-hybridized carbons (Fsp3) is 0.278. The van der Waals surface area contributed by atoms with Crippen molar-refractivity contribution in [2.45, 2.75) is 13.3 Å². The summed E-state index contributed by atoms with van der Waals surface area (Å²) in [5.41, 5.74) is 1.26. The molecule has 0 unspecified atom stereocenters. The number of carbonyl (C=O) groups is 1. The van der Waals surface area contributed by atoms with Crippen molar-refractivity contribution in [3.8, 4) is 17.0 Å². The molecule has 0 saturated heterocycles. The summed E-state index contributed by atoms with van der Waals surface area (Å²) in [6, 6.07) is 7.45. The Morgan fingerprint density at radius 3 is 2.92 bits per heavy atom. The van der Waals surface area contributed by atoms with Gasteiger partial charge in [-0.3, -0.25) is 14.0 Å². The lowest BCUT2D eigenvalue weighted by Gasteiger charge is -2.15. The van der Waals surface area contributed by atoms with E-state index in [2.05, 4.69) is 4.98 Å². The van der Waals surface area contributed by atoms with Crippen LogP contribution in [0.2, 0.25) is 0 Å². The monoisotopic (exact) mass is 357 g/mol. The maximum absolute atomic E-state index is 12.9. The molecule has 0 atom stereocenters. The number of fused-ring (bicyclic) bond motifs is 1. The highest BCUT2D eigenvalue weighted by molar-refractivity contribution is 7.15. The Kier molecular flexibility index (Phi) is 4.85. The van der Waals surface area contributed by atoms with Crippen molar-refractivity contribution in [1.82, 2.24) is 14.3 Å². The van der Waals surface area contributed by atoms with Gasteiger partial charge in [0.25, 0.3) is 11.5 Å². The number of nitrogens with zero attached hydrogens (tertiary/aromatic N) is 3. The number of hydrogen-bond acceptors (Lipinski definition) is 5. The van der Waals surface area contributed by atoms with Gasteiger partial charge in [0.05, 0.1) is 12.8 Å². The van der Waals surface area contributed by atoms with Crippen molar-refractivity contribution < 1.29 is 9.53 Å². The van der Waals surface area contributed by atoms with Crippen LogP contribution in [-0.2, 0) is 0 Å². The first-order valence-electron chi connectivity index (χ1n) is 7.96. The summed E-state index contributed by atoms with van der Waals surface area (Å²) in [6.45, 7) is 2.57. The van der Waals surface area contributed by atoms with Gasteiger partial charge in [0.2, 0.25) is 0 Å². The fourth-order valence-corrected chi connectivity index (χ4v) is 3.52. The van der Waals surface area contributed by atoms with Gasteiger partial charge in [-0.05, 0) is 18.6 Å². The summed E-state index contributed by atoms with van der Waals surface area (Å²) in [6.07, 6.45) is 2.20. The minimum atomic E-state index is -0.350. The van der Waals surface area contributed by atoms with Gasteiger partial charge in [0, 0.05) is 30.7 Å². The molecule has 0 fully saturated rings. The average Bonchev–Trinajstić information content (AvgIpc) is 3.07. The highest BCUT2D eigenvalue weighted by atomic mass is 32.1. The second kappa shape index (κ2) is 7.06. The molecule has 1 aromatic carbocycles. The lowest BCUT2D eigenvalue weighted by molar-refractivity contribution is 0.0793. The molecule has 0 N–H and O–H groups in total. The lowest BCUT2D eigenvalue weighted by atomic mass is 10.1. The zero-order valence-electron chi connectivity index (χ0n) is 14.4. The van der Waals surface area contributed by atoms with Crippen LogP contribution in [0.25, 0.3) is 16.2 Å². The number of thiazole rings is 1. The SMILES string of the molecule is CCCN(C)C(=O)c1cnc2scc(-c3cccc(OC)c3)n2c1=O. The second-order valence-corrected chi connectivity index (χ2v) is 6.51. The summed E-state index contributed by atoms with van der Waals surface area (Å²) in [7, 11) is 3.29. The zero-order valence-corrected chi connectivity index (χ0v) is 15.2. The molecule has 0 aliphatic heterocycles. The molecular formula is C18H19N3O3S. The molecule has 0 saturated carbocycles. The standard InChI is InChI=1S/C18H19N3O3S/c1-4-8-20(2)16(22)14-10-19-18-21(17(14)23)15(11-25-18)12-6-5-7-13(9-12)24-3/h5-7,9-11H,4,8H2,1-3H3. The van der Waals surface area contributed by atoms with Gasteiger partial charge in [-0.1, -0.05) is 19.1 Å². The molecule has 0 bridgehead atoms. The Bertz CT molecular complexity index is 977. The molecule has 1 amide bonds. The summed E-state index contributed by atoms with van der Waals surface area (Å²) >= 11 is 1.36. The molecule has 0 spiro atoms. The average molecular weight is 357 g/mol. The van der Waals surface area contributed by atoms with Crippen LogP contribution in [0.15, 0.2) is 40.6 Å². The second-order valence-electron chi connectivity index (χ2n) is 5.67. The zero-order chi connectivity index (χ0) is 18.0. The smallest absolute Gasteiger partial charge is 0.271 e. The largest absolute Gasteiger partial charge is 0.497 e. The number of hydrogen-bond donors (Lipinski definition) is 0. The van der Waals surface area contributed by atoms with Crippen molar-refractivity contribution in [1.29, 1.82) is 0 Å². The van der Waals surface area contributed by atoms with Crippen molar-refractivity contribution in [3.63, 3.8) is 0 Å². The van der Waals surface area contributed by atoms with E-state index in [1.165, 1.54) is 21.9 Å². The van der Waals surface area contributed by atoms with Crippen molar-refractivity contribution >= 4 is 22.2 Å². The molecule has 0 radical (unpaired) electrons. The number of ether oxygens (including phenoxy) is 1. The molecule has 2 aromatic heterocycles. The third kappa shape index (κ3) is 3.15. The number of rotatable bonds is 5. The fourth-order valence-electron chi connectivity index (χ4n) is 2.67. The van der Waals surface area contributed by atoms with Gasteiger partial charge in [0.15, 0.2) is 4.96 Å². The maximum atomic E-state index is 12.9. The topological polar surface area (TPSA) is 63.9 Å². The van der Waals surface area contributed by atoms with E-state index in [0.717, 1.165) is 12.0 Å². The first-order chi connectivity index (χ1) is 12.1. The van der Waals surface area contributed by atoms with Crippen LogP contribution in [0, 0.1) is 0 Å². The van der Waals surface area contributed by atoms with Crippen molar-refractivity contribution in [2.75, 3.05) is 20.7 Å². The molecular weight excluding hydrogens is 338 g/mol. The Balaban J connectivity index is 2.15. The van der Waals surface area contributed by atoms with Crippen molar-refractivity contribution in [2.24, 2.45) is 0 Å². The van der Waals surface area contributed by atoms with Crippen LogP contribution < -0.4 is 10.3 Å². The van der Waals surface area contributed by atoms with E-state index in [4.69, 9.17) is 4.74 Å². The number of benzene rings is 1. The summed E-state index contributed by atoms with van der Waals surface area (Å²) in [4.78, 5) is 31.9. The van der Waals surface area contributed by atoms with E-state index in [-0.39, 0.29) is 17.0 Å². The van der Waals surface area contributed by atoms with Gasteiger partial charge in [-0.2, -0.15) is 0 Å². The predicted molar refractivity (Wildman–Crippen MR) is 98.6 cm³/mol. The van der Waals surface area contributed by atoms with Crippen LogP contribution in [-0.4, -0.2) is 40.9 Å². The van der Waals surface area contributed by atoms with Gasteiger partial charge in [-0.15, -0.1) is 11.3 Å². The maximum Gasteiger partial charge on any atom is 0.271 e. The first kappa shape index (κ1) is 17.2. The van der Waals surface area contributed by atoms with Crippen LogP contribution in [0.4, 0.5) is 0 Å². The molecule has 3 rings (SSSR count). The quantitative estimate of drug-likeness (QED) is 0.704. The van der Waals surface area contributed by atoms with Crippen LogP contribution in [0.1, 0.15) is 23.7 Å². The Hall–Kier alpha value is -2.67. The minimum absolute atomic E-state index is 0.0796. The summed E-state index contributed by atoms with van der Waals surface area (Å²) in [5.74, 6) is 0.393. The summed E-state index contributed by atoms with van der Waals surface area (Å²) < 4.78 is 6.75. The third-order valence-electron chi connectivity index (χ3n) is 3.95. The Morgan fingerprint density at radius 1 is 1.40 bits per heavy atom. The highest BCUT2D eigenvalue weighted by Gasteiger charge is 2.19. The van der Waals surface area contributed by atoms with Crippen LogP contribution in [0.3, 0.4) is 0 Å². The first-order valence-corrected chi connectivity index (χ1v) is 8.84. The van der Waals surface area contributed by atoms with Gasteiger partial charge < -0.3 is 9.64 Å². The van der Waals surface area contributed by atoms with Crippen molar-refractivity contribution in [3.05, 3.63) is 51.8 Å².